The van der Waals surface area contributed by atoms with Crippen molar-refractivity contribution in [1.82, 2.24) is 0 Å². The van der Waals surface area contributed by atoms with Crippen LogP contribution in [0.1, 0.15) is 23.6 Å². The van der Waals surface area contributed by atoms with Crippen molar-refractivity contribution in [3.8, 4) is 0 Å². The first-order valence-corrected chi connectivity index (χ1v) is 4.96. The first-order chi connectivity index (χ1) is 6.56. The molecule has 2 heteroatoms. The molecule has 0 saturated carbocycles. The van der Waals surface area contributed by atoms with Gasteiger partial charge in [0.1, 0.15) is 5.60 Å². The average molecular weight is 192 g/mol. The SMILES string of the molecule is Cc1ccc([C@]2([C@H](C)O)CO2)c(C)c1. The zero-order chi connectivity index (χ0) is 10.3. The Balaban J connectivity index is 2.42. The molecule has 0 unspecified atom stereocenters. The molecule has 14 heavy (non-hydrogen) atoms. The van der Waals surface area contributed by atoms with E-state index in [4.69, 9.17) is 4.74 Å². The fraction of sp³-hybridized carbons (Fsp3) is 0.500. The van der Waals surface area contributed by atoms with Crippen LogP contribution < -0.4 is 0 Å². The summed E-state index contributed by atoms with van der Waals surface area (Å²) in [4.78, 5) is 0. The van der Waals surface area contributed by atoms with Crippen molar-refractivity contribution < 1.29 is 9.84 Å². The molecule has 1 aromatic carbocycles. The van der Waals surface area contributed by atoms with E-state index in [0.29, 0.717) is 6.61 Å². The maximum absolute atomic E-state index is 9.66. The number of aliphatic hydroxyl groups excluding tert-OH is 1. The van der Waals surface area contributed by atoms with Crippen molar-refractivity contribution in [3.63, 3.8) is 0 Å². The smallest absolute Gasteiger partial charge is 0.142 e. The normalized spacial score (nSPS) is 27.4. The summed E-state index contributed by atoms with van der Waals surface area (Å²) in [7, 11) is 0. The minimum atomic E-state index is -0.441. The second-order valence-corrected chi connectivity index (χ2v) is 4.17. The number of benzene rings is 1. The lowest BCUT2D eigenvalue weighted by Crippen LogP contribution is -2.25. The highest BCUT2D eigenvalue weighted by molar-refractivity contribution is 5.38. The van der Waals surface area contributed by atoms with Gasteiger partial charge in [0, 0.05) is 0 Å². The molecule has 0 spiro atoms. The van der Waals surface area contributed by atoms with Crippen LogP contribution in [0.5, 0.6) is 0 Å². The lowest BCUT2D eigenvalue weighted by molar-refractivity contribution is 0.0883. The predicted molar refractivity (Wildman–Crippen MR) is 55.2 cm³/mol. The fourth-order valence-corrected chi connectivity index (χ4v) is 1.99. The Morgan fingerprint density at radius 2 is 2.07 bits per heavy atom. The maximum atomic E-state index is 9.66. The Kier molecular flexibility index (Phi) is 2.13. The number of hydrogen-bond donors (Lipinski definition) is 1. The lowest BCUT2D eigenvalue weighted by Gasteiger charge is -2.18. The number of aryl methyl sites for hydroxylation is 2. The molecule has 0 aromatic heterocycles. The number of rotatable bonds is 2. The number of hydrogen-bond acceptors (Lipinski definition) is 2. The van der Waals surface area contributed by atoms with E-state index in [1.54, 1.807) is 6.92 Å². The summed E-state index contributed by atoms with van der Waals surface area (Å²) in [6.07, 6.45) is -0.441. The Bertz CT molecular complexity index is 351. The van der Waals surface area contributed by atoms with Crippen LogP contribution in [0.15, 0.2) is 18.2 Å². The molecular formula is C12H16O2. The van der Waals surface area contributed by atoms with E-state index in [1.165, 1.54) is 11.1 Å². The molecule has 76 valence electrons. The van der Waals surface area contributed by atoms with Crippen molar-refractivity contribution >= 4 is 0 Å². The molecule has 1 heterocycles. The third-order valence-corrected chi connectivity index (χ3v) is 2.97. The van der Waals surface area contributed by atoms with E-state index < -0.39 is 11.7 Å². The zero-order valence-electron chi connectivity index (χ0n) is 8.87. The van der Waals surface area contributed by atoms with Gasteiger partial charge in [-0.15, -0.1) is 0 Å². The van der Waals surface area contributed by atoms with E-state index in [2.05, 4.69) is 32.0 Å². The van der Waals surface area contributed by atoms with E-state index in [1.807, 2.05) is 0 Å². The molecule has 0 bridgehead atoms. The number of ether oxygens (including phenoxy) is 1. The minimum absolute atomic E-state index is 0.419. The van der Waals surface area contributed by atoms with Crippen molar-refractivity contribution in [2.75, 3.05) is 6.61 Å². The first-order valence-electron chi connectivity index (χ1n) is 4.96. The molecule has 1 aromatic rings. The van der Waals surface area contributed by atoms with Crippen LogP contribution in [0.25, 0.3) is 0 Å². The molecule has 1 aliphatic heterocycles. The van der Waals surface area contributed by atoms with Gasteiger partial charge in [-0.1, -0.05) is 23.8 Å². The highest BCUT2D eigenvalue weighted by Gasteiger charge is 2.51. The average Bonchev–Trinajstić information content (AvgIpc) is 2.84. The van der Waals surface area contributed by atoms with Gasteiger partial charge in [-0.25, -0.2) is 0 Å². The Labute approximate surface area is 84.5 Å². The van der Waals surface area contributed by atoms with Crippen LogP contribution in [0, 0.1) is 13.8 Å². The van der Waals surface area contributed by atoms with Gasteiger partial charge in [0.2, 0.25) is 0 Å². The van der Waals surface area contributed by atoms with Crippen molar-refractivity contribution in [2.45, 2.75) is 32.5 Å². The molecular weight excluding hydrogens is 176 g/mol. The Morgan fingerprint density at radius 1 is 1.43 bits per heavy atom. The number of epoxide rings is 1. The van der Waals surface area contributed by atoms with Gasteiger partial charge in [-0.3, -0.25) is 0 Å². The zero-order valence-corrected chi connectivity index (χ0v) is 8.87. The third-order valence-electron chi connectivity index (χ3n) is 2.97. The van der Waals surface area contributed by atoms with Crippen LogP contribution >= 0.6 is 0 Å². The van der Waals surface area contributed by atoms with Crippen molar-refractivity contribution in [3.05, 3.63) is 34.9 Å². The molecule has 1 aliphatic rings. The van der Waals surface area contributed by atoms with Gasteiger partial charge in [-0.2, -0.15) is 0 Å². The molecule has 2 nitrogen and oxygen atoms in total. The van der Waals surface area contributed by atoms with Gasteiger partial charge in [-0.05, 0) is 31.9 Å². The fourth-order valence-electron chi connectivity index (χ4n) is 1.99. The Hall–Kier alpha value is -0.860. The standard InChI is InChI=1S/C12H16O2/c1-8-4-5-11(9(2)6-8)12(7-14-12)10(3)13/h4-6,10,13H,7H2,1-3H3/t10-,12+/m0/s1. The van der Waals surface area contributed by atoms with Crippen molar-refractivity contribution in [1.29, 1.82) is 0 Å². The summed E-state index contributed by atoms with van der Waals surface area (Å²) >= 11 is 0. The van der Waals surface area contributed by atoms with E-state index in [0.717, 1.165) is 5.56 Å². The quantitative estimate of drug-likeness (QED) is 0.726. The first kappa shape index (κ1) is 9.69. The summed E-state index contributed by atoms with van der Waals surface area (Å²) in [6, 6.07) is 6.25. The van der Waals surface area contributed by atoms with Crippen LogP contribution in [0.2, 0.25) is 0 Å². The monoisotopic (exact) mass is 192 g/mol. The summed E-state index contributed by atoms with van der Waals surface area (Å²) in [5.41, 5.74) is 3.15. The molecule has 1 fully saturated rings. The van der Waals surface area contributed by atoms with Gasteiger partial charge < -0.3 is 9.84 Å². The van der Waals surface area contributed by atoms with E-state index in [9.17, 15) is 5.11 Å². The van der Waals surface area contributed by atoms with Crippen LogP contribution in [0.3, 0.4) is 0 Å². The summed E-state index contributed by atoms with van der Waals surface area (Å²) in [5.74, 6) is 0. The molecule has 1 saturated heterocycles. The maximum Gasteiger partial charge on any atom is 0.142 e. The van der Waals surface area contributed by atoms with E-state index in [-0.39, 0.29) is 0 Å². The molecule has 1 N–H and O–H groups in total. The summed E-state index contributed by atoms with van der Waals surface area (Å²) < 4.78 is 5.41. The topological polar surface area (TPSA) is 32.8 Å². The lowest BCUT2D eigenvalue weighted by atomic mass is 9.90. The highest BCUT2D eigenvalue weighted by atomic mass is 16.6. The molecule has 2 rings (SSSR count). The minimum Gasteiger partial charge on any atom is -0.390 e. The molecule has 0 radical (unpaired) electrons. The van der Waals surface area contributed by atoms with Crippen molar-refractivity contribution in [2.24, 2.45) is 0 Å². The van der Waals surface area contributed by atoms with E-state index >= 15 is 0 Å². The molecule has 2 atom stereocenters. The molecule has 0 aliphatic carbocycles. The van der Waals surface area contributed by atoms with Crippen LogP contribution in [0.4, 0.5) is 0 Å². The van der Waals surface area contributed by atoms with Gasteiger partial charge >= 0.3 is 0 Å². The van der Waals surface area contributed by atoms with Crippen LogP contribution in [-0.2, 0) is 10.3 Å². The highest BCUT2D eigenvalue weighted by Crippen LogP contribution is 2.43. The second kappa shape index (κ2) is 3.07. The summed E-state index contributed by atoms with van der Waals surface area (Å²) in [6.45, 7) is 6.55. The largest absolute Gasteiger partial charge is 0.390 e. The number of aliphatic hydroxyl groups is 1. The Morgan fingerprint density at radius 3 is 2.50 bits per heavy atom. The predicted octanol–water partition coefficient (Wildman–Crippen LogP) is 1.91. The van der Waals surface area contributed by atoms with Gasteiger partial charge in [0.05, 0.1) is 12.7 Å². The van der Waals surface area contributed by atoms with Gasteiger partial charge in [0.15, 0.2) is 0 Å². The summed E-state index contributed by atoms with van der Waals surface area (Å²) in [5, 5.41) is 9.66. The second-order valence-electron chi connectivity index (χ2n) is 4.17. The molecule has 0 amide bonds. The van der Waals surface area contributed by atoms with Gasteiger partial charge in [0.25, 0.3) is 0 Å². The van der Waals surface area contributed by atoms with Crippen LogP contribution in [-0.4, -0.2) is 17.8 Å². The third kappa shape index (κ3) is 1.35.